The average Bonchev–Trinajstić information content (AvgIpc) is 3.51. The van der Waals surface area contributed by atoms with Crippen molar-refractivity contribution in [3.8, 4) is 11.5 Å². The lowest BCUT2D eigenvalue weighted by molar-refractivity contribution is -0.122. The first kappa shape index (κ1) is 32.5. The van der Waals surface area contributed by atoms with Gasteiger partial charge in [-0.1, -0.05) is 56.3 Å². The number of nitrogens with one attached hydrogen (secondary N) is 1. The highest BCUT2D eigenvalue weighted by Gasteiger charge is 2.31. The second-order valence-electron chi connectivity index (χ2n) is 11.2. The molecule has 2 N–H and O–H groups in total. The van der Waals surface area contributed by atoms with Crippen LogP contribution in [-0.4, -0.2) is 75.4 Å². The molecule has 0 saturated carbocycles. The van der Waals surface area contributed by atoms with E-state index in [0.29, 0.717) is 25.4 Å². The van der Waals surface area contributed by atoms with Crippen molar-refractivity contribution in [2.75, 3.05) is 33.4 Å². The van der Waals surface area contributed by atoms with Crippen LogP contribution in [0.1, 0.15) is 31.4 Å². The average molecular weight is 611 g/mol. The van der Waals surface area contributed by atoms with Crippen molar-refractivity contribution in [2.45, 2.75) is 56.3 Å². The van der Waals surface area contributed by atoms with E-state index in [0.717, 1.165) is 23.3 Å². The zero-order valence-electron chi connectivity index (χ0n) is 25.0. The Morgan fingerprint density at radius 2 is 1.65 bits per heavy atom. The van der Waals surface area contributed by atoms with Crippen LogP contribution in [0.25, 0.3) is 0 Å². The van der Waals surface area contributed by atoms with E-state index in [1.165, 1.54) is 23.5 Å². The van der Waals surface area contributed by atoms with Gasteiger partial charge in [0.2, 0.25) is 15.9 Å². The van der Waals surface area contributed by atoms with Gasteiger partial charge in [0.05, 0.1) is 43.8 Å². The van der Waals surface area contributed by atoms with Gasteiger partial charge in [-0.3, -0.25) is 4.79 Å². The van der Waals surface area contributed by atoms with Crippen LogP contribution >= 0.6 is 0 Å². The molecule has 232 valence electrons. The van der Waals surface area contributed by atoms with E-state index >= 15 is 0 Å². The normalized spacial score (nSPS) is 16.7. The molecular formula is C33H42N2O7S. The van der Waals surface area contributed by atoms with Crippen LogP contribution in [0.3, 0.4) is 0 Å². The van der Waals surface area contributed by atoms with Crippen molar-refractivity contribution >= 4 is 15.9 Å². The Bertz CT molecular complexity index is 1390. The van der Waals surface area contributed by atoms with Crippen molar-refractivity contribution in [1.82, 2.24) is 9.62 Å². The third-order valence-corrected chi connectivity index (χ3v) is 9.09. The molecule has 1 aliphatic rings. The quantitative estimate of drug-likeness (QED) is 0.269. The first-order valence-electron chi connectivity index (χ1n) is 14.6. The summed E-state index contributed by atoms with van der Waals surface area (Å²) >= 11 is 0. The Balaban J connectivity index is 1.48. The van der Waals surface area contributed by atoms with Gasteiger partial charge < -0.3 is 24.6 Å². The highest BCUT2D eigenvalue weighted by Crippen LogP contribution is 2.22. The van der Waals surface area contributed by atoms with Crippen LogP contribution < -0.4 is 14.8 Å². The molecule has 3 aromatic carbocycles. The Kier molecular flexibility index (Phi) is 11.6. The fourth-order valence-corrected chi connectivity index (χ4v) is 6.61. The number of aliphatic hydroxyl groups excluding tert-OH is 1. The monoisotopic (exact) mass is 610 g/mol. The summed E-state index contributed by atoms with van der Waals surface area (Å²) in [6, 6.07) is 22.3. The summed E-state index contributed by atoms with van der Waals surface area (Å²) in [4.78, 5) is 13.3. The van der Waals surface area contributed by atoms with Gasteiger partial charge in [-0.15, -0.1) is 0 Å². The molecule has 43 heavy (non-hydrogen) atoms. The summed E-state index contributed by atoms with van der Waals surface area (Å²) in [6.07, 6.45) is 0.163. The molecule has 1 saturated heterocycles. The molecule has 1 amide bonds. The molecule has 0 radical (unpaired) electrons. The summed E-state index contributed by atoms with van der Waals surface area (Å²) in [5.74, 6) is 1.01. The molecule has 1 fully saturated rings. The van der Waals surface area contributed by atoms with Gasteiger partial charge in [-0.2, -0.15) is 4.31 Å². The number of hydrogen-bond acceptors (Lipinski definition) is 7. The molecule has 3 aromatic rings. The number of rotatable bonds is 15. The summed E-state index contributed by atoms with van der Waals surface area (Å²) in [6.45, 7) is 5.14. The second kappa shape index (κ2) is 15.3. The maximum atomic E-state index is 13.7. The van der Waals surface area contributed by atoms with E-state index < -0.39 is 22.2 Å². The van der Waals surface area contributed by atoms with E-state index in [1.54, 1.807) is 12.1 Å². The van der Waals surface area contributed by atoms with Crippen molar-refractivity contribution in [2.24, 2.45) is 5.92 Å². The number of carbonyl (C=O) groups is 1. The highest BCUT2D eigenvalue weighted by molar-refractivity contribution is 7.89. The molecule has 3 atom stereocenters. The summed E-state index contributed by atoms with van der Waals surface area (Å²) in [5.41, 5.74) is 1.71. The number of hydrogen-bond donors (Lipinski definition) is 2. The van der Waals surface area contributed by atoms with Gasteiger partial charge in [0.25, 0.3) is 0 Å². The van der Waals surface area contributed by atoms with E-state index in [1.807, 2.05) is 68.4 Å². The van der Waals surface area contributed by atoms with Crippen molar-refractivity contribution < 1.29 is 32.5 Å². The summed E-state index contributed by atoms with van der Waals surface area (Å²) < 4.78 is 45.0. The Morgan fingerprint density at radius 3 is 2.26 bits per heavy atom. The number of ether oxygens (including phenoxy) is 3. The van der Waals surface area contributed by atoms with Gasteiger partial charge in [0.1, 0.15) is 17.6 Å². The molecule has 0 spiro atoms. The smallest absolute Gasteiger partial charge is 0.243 e. The fraction of sp³-hybridized carbons (Fsp3) is 0.424. The Hall–Kier alpha value is -3.44. The number of benzene rings is 3. The van der Waals surface area contributed by atoms with Crippen molar-refractivity contribution in [3.63, 3.8) is 0 Å². The molecule has 10 heteroatoms. The SMILES string of the molecule is COc1ccc(S(=O)(=O)N(CC(C)C)C[C@@H](O)[C@H](Cc2ccccc2)NC(=O)Cc2ccc(O[C@@H]3CCOC3)cc2)cc1. The zero-order valence-corrected chi connectivity index (χ0v) is 25.8. The van der Waals surface area contributed by atoms with Crippen LogP contribution in [0.4, 0.5) is 0 Å². The molecule has 0 aliphatic carbocycles. The molecule has 0 aromatic heterocycles. The van der Waals surface area contributed by atoms with Gasteiger partial charge in [0, 0.05) is 19.5 Å². The molecule has 4 rings (SSSR count). The van der Waals surface area contributed by atoms with Gasteiger partial charge in [-0.25, -0.2) is 8.42 Å². The number of amides is 1. The first-order valence-corrected chi connectivity index (χ1v) is 16.1. The van der Waals surface area contributed by atoms with Crippen molar-refractivity contribution in [3.05, 3.63) is 90.0 Å². The molecule has 9 nitrogen and oxygen atoms in total. The largest absolute Gasteiger partial charge is 0.497 e. The Morgan fingerprint density at radius 1 is 0.977 bits per heavy atom. The number of nitrogens with zero attached hydrogens (tertiary/aromatic N) is 1. The van der Waals surface area contributed by atoms with Crippen LogP contribution in [0.15, 0.2) is 83.8 Å². The predicted octanol–water partition coefficient (Wildman–Crippen LogP) is 3.84. The van der Waals surface area contributed by atoms with Crippen molar-refractivity contribution in [1.29, 1.82) is 0 Å². The van der Waals surface area contributed by atoms with Crippen LogP contribution in [0.5, 0.6) is 11.5 Å². The minimum Gasteiger partial charge on any atom is -0.497 e. The number of sulfonamides is 1. The highest BCUT2D eigenvalue weighted by atomic mass is 32.2. The summed E-state index contributed by atoms with van der Waals surface area (Å²) in [5, 5.41) is 14.4. The predicted molar refractivity (Wildman–Crippen MR) is 165 cm³/mol. The minimum absolute atomic E-state index is 0.00975. The summed E-state index contributed by atoms with van der Waals surface area (Å²) in [7, 11) is -2.41. The van der Waals surface area contributed by atoms with Gasteiger partial charge in [-0.05, 0) is 59.9 Å². The fourth-order valence-electron chi connectivity index (χ4n) is 4.99. The standard InChI is InChI=1S/C33H42N2O7S/c1-24(2)21-35(43(38,39)30-15-13-27(40-3)14-16-30)22-32(36)31(19-25-7-5-4-6-8-25)34-33(37)20-26-9-11-28(12-10-26)42-29-17-18-41-23-29/h4-16,24,29,31-32,36H,17-23H2,1-3H3,(H,34,37)/t29-,31+,32-/m1/s1. The number of aliphatic hydroxyl groups is 1. The molecule has 0 bridgehead atoms. The zero-order chi connectivity index (χ0) is 30.8. The minimum atomic E-state index is -3.93. The van der Waals surface area contributed by atoms with E-state index in [4.69, 9.17) is 14.2 Å². The van der Waals surface area contributed by atoms with Gasteiger partial charge in [0.15, 0.2) is 0 Å². The maximum absolute atomic E-state index is 13.7. The molecule has 1 heterocycles. The number of carbonyl (C=O) groups excluding carboxylic acids is 1. The maximum Gasteiger partial charge on any atom is 0.243 e. The lowest BCUT2D eigenvalue weighted by Crippen LogP contribution is -2.51. The van der Waals surface area contributed by atoms with E-state index in [-0.39, 0.29) is 42.3 Å². The van der Waals surface area contributed by atoms with Crippen LogP contribution in [0, 0.1) is 5.92 Å². The second-order valence-corrected chi connectivity index (χ2v) is 13.2. The lowest BCUT2D eigenvalue weighted by Gasteiger charge is -2.31. The third kappa shape index (κ3) is 9.53. The third-order valence-electron chi connectivity index (χ3n) is 7.24. The molecule has 1 aliphatic heterocycles. The Labute approximate surface area is 254 Å². The van der Waals surface area contributed by atoms with Gasteiger partial charge >= 0.3 is 0 Å². The van der Waals surface area contributed by atoms with Crippen LogP contribution in [0.2, 0.25) is 0 Å². The molecule has 0 unspecified atom stereocenters. The van der Waals surface area contributed by atoms with E-state index in [9.17, 15) is 18.3 Å². The number of methoxy groups -OCH3 is 1. The molecular weight excluding hydrogens is 568 g/mol. The topological polar surface area (TPSA) is 114 Å². The first-order chi connectivity index (χ1) is 20.6. The lowest BCUT2D eigenvalue weighted by atomic mass is 10.00. The van der Waals surface area contributed by atoms with Crippen LogP contribution in [-0.2, 0) is 32.4 Å². The van der Waals surface area contributed by atoms with E-state index in [2.05, 4.69) is 5.32 Å².